The van der Waals surface area contributed by atoms with Crippen LogP contribution in [0.1, 0.15) is 181 Å². The number of phosphoric ester groups is 1. The Hall–Kier alpha value is -2.07. The highest BCUT2D eigenvalue weighted by Gasteiger charge is 2.27. The van der Waals surface area contributed by atoms with Gasteiger partial charge in [-0.05, 0) is 38.5 Å². The number of rotatable bonds is 41. The number of hydrogen-bond acceptors (Lipinski definition) is 8. The first-order chi connectivity index (χ1) is 26.7. The van der Waals surface area contributed by atoms with E-state index in [1.54, 1.807) is 0 Å². The van der Waals surface area contributed by atoms with Crippen molar-refractivity contribution in [3.05, 3.63) is 48.6 Å². The Morgan fingerprint density at radius 3 is 1.47 bits per heavy atom. The van der Waals surface area contributed by atoms with Crippen molar-refractivity contribution in [1.29, 1.82) is 0 Å². The van der Waals surface area contributed by atoms with Crippen LogP contribution in [0.25, 0.3) is 0 Å². The number of phosphoric acid groups is 1. The molecule has 0 aromatic heterocycles. The number of aliphatic carboxylic acids is 1. The molecule has 0 aliphatic heterocycles. The van der Waals surface area contributed by atoms with Gasteiger partial charge in [0.05, 0.1) is 19.8 Å². The van der Waals surface area contributed by atoms with Crippen molar-refractivity contribution in [2.24, 2.45) is 5.73 Å². The molecule has 10 nitrogen and oxygen atoms in total. The van der Waals surface area contributed by atoms with Crippen molar-refractivity contribution in [3.8, 4) is 0 Å². The minimum atomic E-state index is -4.63. The van der Waals surface area contributed by atoms with E-state index in [9.17, 15) is 19.0 Å². The largest absolute Gasteiger partial charge is 0.480 e. The van der Waals surface area contributed by atoms with Gasteiger partial charge in [-0.3, -0.25) is 18.6 Å². The van der Waals surface area contributed by atoms with Gasteiger partial charge in [0, 0.05) is 13.0 Å². The normalized spacial score (nSPS) is 14.4. The fourth-order valence-corrected chi connectivity index (χ4v) is 6.57. The third-order valence-electron chi connectivity index (χ3n) is 9.14. The van der Waals surface area contributed by atoms with Gasteiger partial charge >= 0.3 is 19.8 Å². The summed E-state index contributed by atoms with van der Waals surface area (Å²) in [6.45, 7) is 3.68. The van der Waals surface area contributed by atoms with E-state index in [0.29, 0.717) is 13.0 Å². The minimum absolute atomic E-state index is 0.0104. The first-order valence-corrected chi connectivity index (χ1v) is 23.2. The highest BCUT2D eigenvalue weighted by Crippen LogP contribution is 2.43. The molecule has 0 heterocycles. The summed E-state index contributed by atoms with van der Waals surface area (Å²) >= 11 is 0. The van der Waals surface area contributed by atoms with Crippen LogP contribution in [0.2, 0.25) is 0 Å². The summed E-state index contributed by atoms with van der Waals surface area (Å²) < 4.78 is 33.2. The average molecular weight is 798 g/mol. The maximum Gasteiger partial charge on any atom is 0.472 e. The van der Waals surface area contributed by atoms with Crippen molar-refractivity contribution >= 4 is 19.8 Å². The molecule has 0 aliphatic carbocycles. The van der Waals surface area contributed by atoms with Crippen LogP contribution in [0.5, 0.6) is 0 Å². The van der Waals surface area contributed by atoms with Crippen LogP contribution in [0.3, 0.4) is 0 Å². The highest BCUT2D eigenvalue weighted by atomic mass is 31.2. The molecule has 0 aliphatic rings. The molecule has 0 saturated heterocycles. The van der Waals surface area contributed by atoms with Crippen molar-refractivity contribution in [2.75, 3.05) is 26.4 Å². The predicted molar refractivity (Wildman–Crippen MR) is 226 cm³/mol. The first-order valence-electron chi connectivity index (χ1n) is 21.7. The number of carboxylic acid groups (broad SMARTS) is 1. The van der Waals surface area contributed by atoms with Crippen LogP contribution in [-0.4, -0.2) is 60.5 Å². The number of carboxylic acids is 1. The zero-order chi connectivity index (χ0) is 40.5. The van der Waals surface area contributed by atoms with Gasteiger partial charge in [-0.2, -0.15) is 0 Å². The summed E-state index contributed by atoms with van der Waals surface area (Å²) in [5, 5.41) is 8.88. The Labute approximate surface area is 335 Å². The molecular formula is C44H80NO9P. The number of carbonyl (C=O) groups is 2. The standard InChI is InChI=1S/C44H80NO9P/c1-3-5-7-9-11-13-15-17-18-19-20-21-22-23-25-27-29-31-33-35-37-51-38-41(39-52-55(49,50)53-40-42(45)44(47)48)54-43(46)36-34-32-30-28-26-24-16-14-12-10-8-6-4-2/h6,8,12,14,24,26,30,32,41-42H,3-5,7,9-11,13,15-23,25,27-29,31,33-40,45H2,1-2H3,(H,47,48)(H,49,50)/b8-6-,14-12-,26-24-,32-30-. The molecular weight excluding hydrogens is 717 g/mol. The third-order valence-corrected chi connectivity index (χ3v) is 10.1. The van der Waals surface area contributed by atoms with Crippen LogP contribution < -0.4 is 5.73 Å². The lowest BCUT2D eigenvalue weighted by Crippen LogP contribution is -2.34. The molecule has 55 heavy (non-hydrogen) atoms. The fraction of sp³-hybridized carbons (Fsp3) is 0.773. The van der Waals surface area contributed by atoms with E-state index >= 15 is 0 Å². The van der Waals surface area contributed by atoms with Gasteiger partial charge in [0.25, 0.3) is 0 Å². The van der Waals surface area contributed by atoms with Crippen LogP contribution in [0.15, 0.2) is 48.6 Å². The SMILES string of the molecule is CC/C=C\C/C=C\C/C=C\C/C=C\CCC(=O)OC(COCCCCCCCCCCCCCCCCCCCCCC)COP(=O)(O)OCC(N)C(=O)O. The molecule has 11 heteroatoms. The number of esters is 1. The van der Waals surface area contributed by atoms with Gasteiger partial charge in [-0.15, -0.1) is 0 Å². The molecule has 320 valence electrons. The number of nitrogens with two attached hydrogens (primary N) is 1. The van der Waals surface area contributed by atoms with Crippen LogP contribution in [0.4, 0.5) is 0 Å². The van der Waals surface area contributed by atoms with Crippen molar-refractivity contribution in [1.82, 2.24) is 0 Å². The topological polar surface area (TPSA) is 155 Å². The molecule has 4 N–H and O–H groups in total. The second-order valence-electron chi connectivity index (χ2n) is 14.4. The monoisotopic (exact) mass is 798 g/mol. The average Bonchev–Trinajstić information content (AvgIpc) is 3.16. The van der Waals surface area contributed by atoms with Gasteiger partial charge in [0.2, 0.25) is 0 Å². The van der Waals surface area contributed by atoms with E-state index in [2.05, 4.69) is 50.3 Å². The summed E-state index contributed by atoms with van der Waals surface area (Å²) in [5.74, 6) is -1.86. The maximum atomic E-state index is 12.6. The van der Waals surface area contributed by atoms with E-state index in [-0.39, 0.29) is 13.0 Å². The van der Waals surface area contributed by atoms with Gasteiger partial charge in [0.1, 0.15) is 12.1 Å². The number of allylic oxidation sites excluding steroid dienone is 8. The Morgan fingerprint density at radius 2 is 1.02 bits per heavy atom. The van der Waals surface area contributed by atoms with E-state index in [0.717, 1.165) is 44.9 Å². The summed E-state index contributed by atoms with van der Waals surface area (Å²) in [5.41, 5.74) is 5.34. The van der Waals surface area contributed by atoms with Crippen LogP contribution in [0, 0.1) is 0 Å². The molecule has 0 saturated carbocycles. The molecule has 0 aromatic rings. The lowest BCUT2D eigenvalue weighted by molar-refractivity contribution is -0.154. The highest BCUT2D eigenvalue weighted by molar-refractivity contribution is 7.47. The molecule has 0 fully saturated rings. The second kappa shape index (κ2) is 40.1. The lowest BCUT2D eigenvalue weighted by Gasteiger charge is -2.20. The molecule has 0 rings (SSSR count). The summed E-state index contributed by atoms with van der Waals surface area (Å²) in [6.07, 6.45) is 46.2. The third kappa shape index (κ3) is 39.9. The molecule has 3 unspecified atom stereocenters. The molecule has 3 atom stereocenters. The van der Waals surface area contributed by atoms with Gasteiger partial charge in [-0.25, -0.2) is 4.57 Å². The predicted octanol–water partition coefficient (Wildman–Crippen LogP) is 11.9. The van der Waals surface area contributed by atoms with Gasteiger partial charge < -0.3 is 25.2 Å². The second-order valence-corrected chi connectivity index (χ2v) is 15.9. The van der Waals surface area contributed by atoms with Gasteiger partial charge in [-0.1, -0.05) is 184 Å². The number of ether oxygens (including phenoxy) is 2. The molecule has 0 amide bonds. The first kappa shape index (κ1) is 52.9. The molecule has 0 radical (unpaired) electrons. The Morgan fingerprint density at radius 1 is 0.600 bits per heavy atom. The lowest BCUT2D eigenvalue weighted by atomic mass is 10.0. The minimum Gasteiger partial charge on any atom is -0.480 e. The quantitative estimate of drug-likeness (QED) is 0.0236. The van der Waals surface area contributed by atoms with E-state index < -0.39 is 45.1 Å². The van der Waals surface area contributed by atoms with Crippen molar-refractivity contribution in [3.63, 3.8) is 0 Å². The molecule has 0 aromatic carbocycles. The van der Waals surface area contributed by atoms with Gasteiger partial charge in [0.15, 0.2) is 0 Å². The number of unbranched alkanes of at least 4 members (excludes halogenated alkanes) is 19. The zero-order valence-electron chi connectivity index (χ0n) is 34.8. The van der Waals surface area contributed by atoms with E-state index in [1.165, 1.54) is 109 Å². The van der Waals surface area contributed by atoms with Crippen LogP contribution in [-0.2, 0) is 32.7 Å². The Balaban J connectivity index is 4.24. The fourth-order valence-electron chi connectivity index (χ4n) is 5.79. The van der Waals surface area contributed by atoms with Crippen LogP contribution >= 0.6 is 7.82 Å². The maximum absolute atomic E-state index is 12.6. The zero-order valence-corrected chi connectivity index (χ0v) is 35.7. The summed E-state index contributed by atoms with van der Waals surface area (Å²) in [4.78, 5) is 33.4. The summed E-state index contributed by atoms with van der Waals surface area (Å²) in [6, 6.07) is -1.48. The van der Waals surface area contributed by atoms with E-state index in [1.807, 2.05) is 12.2 Å². The van der Waals surface area contributed by atoms with Crippen molar-refractivity contribution < 1.29 is 42.7 Å². The molecule has 0 spiro atoms. The van der Waals surface area contributed by atoms with E-state index in [4.69, 9.17) is 29.4 Å². The smallest absolute Gasteiger partial charge is 0.472 e. The summed E-state index contributed by atoms with van der Waals surface area (Å²) in [7, 11) is -4.63. The number of carbonyl (C=O) groups excluding carboxylic acids is 1. The Bertz CT molecular complexity index is 1060. The van der Waals surface area contributed by atoms with Crippen molar-refractivity contribution in [2.45, 2.75) is 193 Å². The number of hydrogen-bond donors (Lipinski definition) is 3. The molecule has 0 bridgehead atoms. The Kier molecular flexibility index (Phi) is 38.6.